The molecule has 1 N–H and O–H groups in total. The average Bonchev–Trinajstić information content (AvgIpc) is 2.31. The molecule has 3 nitrogen and oxygen atoms in total. The number of sulfone groups is 1. The van der Waals surface area contributed by atoms with Gasteiger partial charge in [-0.3, -0.25) is 0 Å². The largest absolute Gasteiger partial charge is 0.307 e. The molecule has 0 bridgehead atoms. The molecule has 0 saturated carbocycles. The highest BCUT2D eigenvalue weighted by Gasteiger charge is 2.18. The first kappa shape index (κ1) is 16.0. The summed E-state index contributed by atoms with van der Waals surface area (Å²) in [5, 5.41) is 2.97. The van der Waals surface area contributed by atoms with Gasteiger partial charge in [-0.1, -0.05) is 6.92 Å². The van der Waals surface area contributed by atoms with Crippen LogP contribution >= 0.6 is 0 Å². The molecule has 2 atom stereocenters. The zero-order valence-electron chi connectivity index (χ0n) is 11.3. The molecule has 2 unspecified atom stereocenters. The Balaban J connectivity index is 2.74. The Morgan fingerprint density at radius 1 is 1.26 bits per heavy atom. The van der Waals surface area contributed by atoms with Crippen LogP contribution < -0.4 is 5.32 Å². The minimum Gasteiger partial charge on any atom is -0.307 e. The number of hydrogen-bond acceptors (Lipinski definition) is 3. The number of hydrogen-bond donors (Lipinski definition) is 1. The first-order chi connectivity index (χ1) is 8.75. The van der Waals surface area contributed by atoms with Crippen molar-refractivity contribution in [2.45, 2.75) is 32.9 Å². The summed E-state index contributed by atoms with van der Waals surface area (Å²) in [4.78, 5) is 0. The van der Waals surface area contributed by atoms with Crippen LogP contribution in [-0.4, -0.2) is 26.0 Å². The zero-order valence-corrected chi connectivity index (χ0v) is 12.1. The van der Waals surface area contributed by atoms with Gasteiger partial charge in [-0.2, -0.15) is 0 Å². The van der Waals surface area contributed by atoms with Crippen molar-refractivity contribution >= 4 is 9.84 Å². The van der Waals surface area contributed by atoms with Gasteiger partial charge in [-0.25, -0.2) is 17.2 Å². The lowest BCUT2D eigenvalue weighted by Gasteiger charge is -2.20. The summed E-state index contributed by atoms with van der Waals surface area (Å²) in [7, 11) is -3.10. The van der Waals surface area contributed by atoms with Crippen LogP contribution in [0.2, 0.25) is 0 Å². The predicted molar refractivity (Wildman–Crippen MR) is 71.7 cm³/mol. The maximum absolute atomic E-state index is 13.5. The maximum Gasteiger partial charge on any atom is 0.151 e. The van der Waals surface area contributed by atoms with Crippen LogP contribution in [0.5, 0.6) is 0 Å². The second-order valence-corrected chi connectivity index (χ2v) is 7.05. The smallest absolute Gasteiger partial charge is 0.151 e. The topological polar surface area (TPSA) is 46.2 Å². The van der Waals surface area contributed by atoms with Crippen molar-refractivity contribution in [3.05, 3.63) is 35.4 Å². The Labute approximate surface area is 112 Å². The Morgan fingerprint density at radius 3 is 2.47 bits per heavy atom. The lowest BCUT2D eigenvalue weighted by atomic mass is 10.1. The van der Waals surface area contributed by atoms with E-state index in [2.05, 4.69) is 5.32 Å². The third kappa shape index (κ3) is 4.87. The van der Waals surface area contributed by atoms with Gasteiger partial charge in [0.25, 0.3) is 0 Å². The van der Waals surface area contributed by atoms with Gasteiger partial charge in [-0.15, -0.1) is 0 Å². The normalized spacial score (nSPS) is 15.2. The third-order valence-corrected chi connectivity index (χ3v) is 4.79. The van der Waals surface area contributed by atoms with Crippen LogP contribution in [0.25, 0.3) is 0 Å². The molecule has 6 heteroatoms. The second-order valence-electron chi connectivity index (χ2n) is 4.65. The van der Waals surface area contributed by atoms with Crippen LogP contribution in [0.4, 0.5) is 8.78 Å². The summed E-state index contributed by atoms with van der Waals surface area (Å²) in [6.07, 6.45) is 0. The van der Waals surface area contributed by atoms with E-state index in [4.69, 9.17) is 0 Å². The van der Waals surface area contributed by atoms with Gasteiger partial charge in [0.2, 0.25) is 0 Å². The van der Waals surface area contributed by atoms with Crippen LogP contribution in [0.1, 0.15) is 32.4 Å². The fourth-order valence-electron chi connectivity index (χ4n) is 1.91. The van der Waals surface area contributed by atoms with Gasteiger partial charge in [0.1, 0.15) is 11.6 Å². The highest BCUT2D eigenvalue weighted by Crippen LogP contribution is 2.18. The van der Waals surface area contributed by atoms with Crippen molar-refractivity contribution in [2.24, 2.45) is 0 Å². The van der Waals surface area contributed by atoms with Crippen LogP contribution in [0, 0.1) is 11.6 Å². The van der Waals surface area contributed by atoms with E-state index >= 15 is 0 Å². The minimum atomic E-state index is -3.10. The fourth-order valence-corrected chi connectivity index (χ4v) is 3.00. The van der Waals surface area contributed by atoms with Gasteiger partial charge in [0.05, 0.1) is 5.75 Å². The average molecular weight is 291 g/mol. The lowest BCUT2D eigenvalue weighted by Crippen LogP contribution is -2.35. The molecule has 19 heavy (non-hydrogen) atoms. The second kappa shape index (κ2) is 6.43. The van der Waals surface area contributed by atoms with E-state index in [1.165, 1.54) is 0 Å². The molecule has 0 aliphatic rings. The summed E-state index contributed by atoms with van der Waals surface area (Å²) in [5.74, 6) is -0.974. The van der Waals surface area contributed by atoms with Gasteiger partial charge in [0, 0.05) is 23.4 Å². The molecule has 0 radical (unpaired) electrons. The minimum absolute atomic E-state index is 0.0230. The molecule has 0 spiro atoms. The van der Waals surface area contributed by atoms with E-state index in [1.807, 2.05) is 0 Å². The molecular weight excluding hydrogens is 272 g/mol. The monoisotopic (exact) mass is 291 g/mol. The Bertz CT molecular complexity index is 531. The van der Waals surface area contributed by atoms with Gasteiger partial charge in [0.15, 0.2) is 9.84 Å². The van der Waals surface area contributed by atoms with E-state index in [9.17, 15) is 17.2 Å². The van der Waals surface area contributed by atoms with Crippen LogP contribution in [-0.2, 0) is 9.84 Å². The van der Waals surface area contributed by atoms with Crippen LogP contribution in [0.3, 0.4) is 0 Å². The maximum atomic E-state index is 13.5. The van der Waals surface area contributed by atoms with E-state index in [0.717, 1.165) is 18.2 Å². The molecule has 1 aromatic carbocycles. The molecule has 1 aromatic rings. The molecule has 1 rings (SSSR count). The molecule has 0 aromatic heterocycles. The number of benzene rings is 1. The number of halogens is 2. The van der Waals surface area contributed by atoms with Gasteiger partial charge in [-0.05, 0) is 32.0 Å². The van der Waals surface area contributed by atoms with E-state index in [-0.39, 0.29) is 23.1 Å². The van der Waals surface area contributed by atoms with Crippen molar-refractivity contribution in [1.29, 1.82) is 0 Å². The highest BCUT2D eigenvalue weighted by atomic mass is 32.2. The first-order valence-corrected chi connectivity index (χ1v) is 7.98. The summed E-state index contributed by atoms with van der Waals surface area (Å²) in [6, 6.07) is 2.45. The summed E-state index contributed by atoms with van der Waals surface area (Å²) >= 11 is 0. The lowest BCUT2D eigenvalue weighted by molar-refractivity contribution is 0.475. The van der Waals surface area contributed by atoms with Crippen molar-refractivity contribution in [3.63, 3.8) is 0 Å². The molecule has 0 amide bonds. The van der Waals surface area contributed by atoms with Crippen molar-refractivity contribution in [3.8, 4) is 0 Å². The Morgan fingerprint density at radius 2 is 1.89 bits per heavy atom. The molecule has 0 fully saturated rings. The van der Waals surface area contributed by atoms with Gasteiger partial charge >= 0.3 is 0 Å². The molecule has 0 saturated heterocycles. The highest BCUT2D eigenvalue weighted by molar-refractivity contribution is 7.91. The van der Waals surface area contributed by atoms with Crippen molar-refractivity contribution in [2.75, 3.05) is 11.5 Å². The Hall–Kier alpha value is -1.01. The molecule has 0 aliphatic heterocycles. The zero-order chi connectivity index (χ0) is 14.6. The summed E-state index contributed by atoms with van der Waals surface area (Å²) in [6.45, 7) is 4.96. The third-order valence-electron chi connectivity index (χ3n) is 2.90. The van der Waals surface area contributed by atoms with E-state index in [1.54, 1.807) is 20.8 Å². The molecule has 108 valence electrons. The number of rotatable bonds is 6. The molecular formula is C13H19F2NO2S. The SMILES string of the molecule is CCS(=O)(=O)CC(C)NC(C)c1cc(F)ccc1F. The van der Waals surface area contributed by atoms with Gasteiger partial charge < -0.3 is 5.32 Å². The fraction of sp³-hybridized carbons (Fsp3) is 0.538. The molecule has 0 aliphatic carbocycles. The van der Waals surface area contributed by atoms with E-state index < -0.39 is 27.5 Å². The van der Waals surface area contributed by atoms with E-state index in [0.29, 0.717) is 0 Å². The summed E-state index contributed by atoms with van der Waals surface area (Å²) < 4.78 is 49.6. The Kier molecular flexibility index (Phi) is 5.43. The summed E-state index contributed by atoms with van der Waals surface area (Å²) in [5.41, 5.74) is 0.195. The van der Waals surface area contributed by atoms with Crippen molar-refractivity contribution in [1.82, 2.24) is 5.32 Å². The predicted octanol–water partition coefficient (Wildman–Crippen LogP) is 2.44. The standard InChI is InChI=1S/C13H19F2NO2S/c1-4-19(17,18)8-9(2)16-10(3)12-7-11(14)5-6-13(12)15/h5-7,9-10,16H,4,8H2,1-3H3. The van der Waals surface area contributed by atoms with Crippen LogP contribution in [0.15, 0.2) is 18.2 Å². The van der Waals surface area contributed by atoms with Crippen molar-refractivity contribution < 1.29 is 17.2 Å². The quantitative estimate of drug-likeness (QED) is 0.875. The number of nitrogens with one attached hydrogen (secondary N) is 1. The first-order valence-electron chi connectivity index (χ1n) is 6.16. The molecule has 0 heterocycles.